The number of ether oxygens (including phenoxy) is 1. The van der Waals surface area contributed by atoms with E-state index < -0.39 is 0 Å². The van der Waals surface area contributed by atoms with Gasteiger partial charge in [0.1, 0.15) is 12.4 Å². The quantitative estimate of drug-likeness (QED) is 0.669. The average molecular weight is 400 g/mol. The first-order valence-corrected chi connectivity index (χ1v) is 8.37. The maximum atomic E-state index is 12.1. The molecule has 3 aromatic rings. The summed E-state index contributed by atoms with van der Waals surface area (Å²) in [6.07, 6.45) is 0. The van der Waals surface area contributed by atoms with Crippen LogP contribution in [0.2, 0.25) is 15.1 Å². The summed E-state index contributed by atoms with van der Waals surface area (Å²) in [6.45, 7) is 1.93. The number of rotatable bonds is 4. The van der Waals surface area contributed by atoms with Crippen LogP contribution in [-0.4, -0.2) is 19.8 Å². The number of nitrogens with zero attached hydrogens (tertiary/aromatic N) is 4. The molecule has 1 aromatic heterocycles. The second-order valence-electron chi connectivity index (χ2n) is 5.35. The summed E-state index contributed by atoms with van der Waals surface area (Å²) < 4.78 is 8.07. The molecule has 130 valence electrons. The van der Waals surface area contributed by atoms with Gasteiger partial charge in [-0.3, -0.25) is 0 Å². The number of halogens is 3. The van der Waals surface area contributed by atoms with Crippen molar-refractivity contribution < 1.29 is 4.74 Å². The lowest BCUT2D eigenvalue weighted by Crippen LogP contribution is -2.23. The van der Waals surface area contributed by atoms with Gasteiger partial charge in [-0.05, 0) is 41.1 Å². The second-order valence-corrected chi connectivity index (χ2v) is 6.58. The second kappa shape index (κ2) is 7.07. The lowest BCUT2D eigenvalue weighted by Gasteiger charge is -2.13. The fourth-order valence-electron chi connectivity index (χ4n) is 2.24. The Morgan fingerprint density at radius 1 is 1.08 bits per heavy atom. The molecular formula is C16H13Cl3N4O2. The van der Waals surface area contributed by atoms with Crippen molar-refractivity contribution in [3.05, 3.63) is 67.0 Å². The third-order valence-corrected chi connectivity index (χ3v) is 4.69. The molecular weight excluding hydrogens is 387 g/mol. The Kier molecular flexibility index (Phi) is 5.03. The SMILES string of the molecule is Cc1cc(Cl)c(OCc2c(Cl)cccc2-n2nnn(C)c2=O)cc1Cl. The van der Waals surface area contributed by atoms with Gasteiger partial charge in [0.25, 0.3) is 0 Å². The van der Waals surface area contributed by atoms with Crippen LogP contribution in [0.3, 0.4) is 0 Å². The van der Waals surface area contributed by atoms with Crippen LogP contribution in [-0.2, 0) is 13.7 Å². The Hall–Kier alpha value is -2.02. The van der Waals surface area contributed by atoms with Crippen molar-refractivity contribution in [1.29, 1.82) is 0 Å². The highest BCUT2D eigenvalue weighted by atomic mass is 35.5. The Balaban J connectivity index is 1.97. The Bertz CT molecular complexity index is 998. The molecule has 0 amide bonds. The molecule has 1 heterocycles. The first kappa shape index (κ1) is 17.8. The van der Waals surface area contributed by atoms with Crippen LogP contribution in [0.5, 0.6) is 5.75 Å². The van der Waals surface area contributed by atoms with Gasteiger partial charge in [-0.25, -0.2) is 4.79 Å². The van der Waals surface area contributed by atoms with E-state index in [1.165, 1.54) is 7.05 Å². The van der Waals surface area contributed by atoms with E-state index >= 15 is 0 Å². The van der Waals surface area contributed by atoms with Crippen molar-refractivity contribution >= 4 is 34.8 Å². The van der Waals surface area contributed by atoms with Crippen molar-refractivity contribution in [1.82, 2.24) is 19.8 Å². The molecule has 6 nitrogen and oxygen atoms in total. The fraction of sp³-hybridized carbons (Fsp3) is 0.188. The molecule has 25 heavy (non-hydrogen) atoms. The van der Waals surface area contributed by atoms with Gasteiger partial charge >= 0.3 is 5.69 Å². The van der Waals surface area contributed by atoms with E-state index in [1.54, 1.807) is 30.3 Å². The summed E-state index contributed by atoms with van der Waals surface area (Å²) in [5.41, 5.74) is 1.53. The van der Waals surface area contributed by atoms with E-state index in [0.717, 1.165) is 14.9 Å². The molecule has 0 unspecified atom stereocenters. The number of hydrogen-bond donors (Lipinski definition) is 0. The molecule has 0 saturated carbocycles. The van der Waals surface area contributed by atoms with Crippen LogP contribution in [0.4, 0.5) is 0 Å². The molecule has 0 saturated heterocycles. The van der Waals surface area contributed by atoms with Crippen LogP contribution in [0.1, 0.15) is 11.1 Å². The Labute approximate surface area is 158 Å². The number of tetrazole rings is 1. The Morgan fingerprint density at radius 3 is 2.52 bits per heavy atom. The molecule has 0 spiro atoms. The van der Waals surface area contributed by atoms with Crippen LogP contribution >= 0.6 is 34.8 Å². The third kappa shape index (κ3) is 3.51. The Morgan fingerprint density at radius 2 is 1.84 bits per heavy atom. The number of aromatic nitrogens is 4. The summed E-state index contributed by atoms with van der Waals surface area (Å²) in [7, 11) is 1.51. The van der Waals surface area contributed by atoms with E-state index in [1.807, 2.05) is 6.92 Å². The van der Waals surface area contributed by atoms with Crippen molar-refractivity contribution in [3.63, 3.8) is 0 Å². The summed E-state index contributed by atoms with van der Waals surface area (Å²) in [5, 5.41) is 8.97. The fourth-order valence-corrected chi connectivity index (χ4v) is 2.89. The minimum absolute atomic E-state index is 0.0805. The van der Waals surface area contributed by atoms with E-state index in [2.05, 4.69) is 10.4 Å². The van der Waals surface area contributed by atoms with Gasteiger partial charge in [0.15, 0.2) is 0 Å². The molecule has 0 aliphatic rings. The maximum absolute atomic E-state index is 12.1. The third-order valence-electron chi connectivity index (χ3n) is 3.63. The van der Waals surface area contributed by atoms with Crippen LogP contribution in [0, 0.1) is 6.92 Å². The number of aryl methyl sites for hydroxylation is 2. The highest BCUT2D eigenvalue weighted by Gasteiger charge is 2.15. The van der Waals surface area contributed by atoms with Gasteiger partial charge in [0.2, 0.25) is 0 Å². The topological polar surface area (TPSA) is 61.9 Å². The smallest absolute Gasteiger partial charge is 0.368 e. The zero-order valence-electron chi connectivity index (χ0n) is 13.3. The summed E-state index contributed by atoms with van der Waals surface area (Å²) in [5.74, 6) is 0.426. The lowest BCUT2D eigenvalue weighted by molar-refractivity contribution is 0.306. The van der Waals surface area contributed by atoms with Gasteiger partial charge in [0, 0.05) is 28.7 Å². The van der Waals surface area contributed by atoms with Crippen molar-refractivity contribution in [3.8, 4) is 11.4 Å². The van der Waals surface area contributed by atoms with Gasteiger partial charge < -0.3 is 4.74 Å². The first-order valence-electron chi connectivity index (χ1n) is 7.23. The van der Waals surface area contributed by atoms with Gasteiger partial charge in [-0.2, -0.15) is 9.36 Å². The van der Waals surface area contributed by atoms with E-state index in [4.69, 9.17) is 39.5 Å². The van der Waals surface area contributed by atoms with Gasteiger partial charge in [-0.1, -0.05) is 40.9 Å². The largest absolute Gasteiger partial charge is 0.487 e. The lowest BCUT2D eigenvalue weighted by atomic mass is 10.2. The molecule has 2 aromatic carbocycles. The average Bonchev–Trinajstić information content (AvgIpc) is 2.90. The zero-order chi connectivity index (χ0) is 18.1. The minimum Gasteiger partial charge on any atom is -0.487 e. The minimum atomic E-state index is -0.389. The van der Waals surface area contributed by atoms with Crippen LogP contribution < -0.4 is 10.4 Å². The standard InChI is InChI=1S/C16H13Cl3N4O2/c1-9-6-13(19)15(7-12(9)18)25-8-10-11(17)4-3-5-14(10)23-16(24)22(2)20-21-23/h3-7H,8H2,1-2H3. The van der Waals surface area contributed by atoms with Gasteiger partial charge in [-0.15, -0.1) is 0 Å². The first-order chi connectivity index (χ1) is 11.9. The molecule has 0 N–H and O–H groups in total. The summed E-state index contributed by atoms with van der Waals surface area (Å²) >= 11 is 18.6. The molecule has 0 fully saturated rings. The van der Waals surface area contributed by atoms with Crippen LogP contribution in [0.25, 0.3) is 5.69 Å². The van der Waals surface area contributed by atoms with Crippen molar-refractivity contribution in [2.45, 2.75) is 13.5 Å². The molecule has 0 radical (unpaired) electrons. The zero-order valence-corrected chi connectivity index (χ0v) is 15.6. The molecule has 0 bridgehead atoms. The molecule has 9 heteroatoms. The number of benzene rings is 2. The summed E-state index contributed by atoms with van der Waals surface area (Å²) in [6, 6.07) is 8.50. The highest BCUT2D eigenvalue weighted by molar-refractivity contribution is 6.34. The van der Waals surface area contributed by atoms with Crippen molar-refractivity contribution in [2.24, 2.45) is 7.05 Å². The predicted molar refractivity (Wildman–Crippen MR) is 97.1 cm³/mol. The highest BCUT2D eigenvalue weighted by Crippen LogP contribution is 2.32. The molecule has 0 aliphatic heterocycles. The van der Waals surface area contributed by atoms with Crippen molar-refractivity contribution in [2.75, 3.05) is 0 Å². The maximum Gasteiger partial charge on any atom is 0.368 e. The van der Waals surface area contributed by atoms with Gasteiger partial charge in [0.05, 0.1) is 10.7 Å². The molecule has 3 rings (SSSR count). The summed E-state index contributed by atoms with van der Waals surface area (Å²) in [4.78, 5) is 12.1. The van der Waals surface area contributed by atoms with E-state index in [0.29, 0.717) is 32.1 Å². The molecule has 0 aliphatic carbocycles. The predicted octanol–water partition coefficient (Wildman–Crippen LogP) is 3.81. The number of hydrogen-bond acceptors (Lipinski definition) is 4. The normalized spacial score (nSPS) is 10.9. The van der Waals surface area contributed by atoms with Crippen LogP contribution in [0.15, 0.2) is 35.1 Å². The van der Waals surface area contributed by atoms with E-state index in [9.17, 15) is 4.79 Å². The monoisotopic (exact) mass is 398 g/mol. The molecule has 0 atom stereocenters. The van der Waals surface area contributed by atoms with E-state index in [-0.39, 0.29) is 12.3 Å².